The van der Waals surface area contributed by atoms with Crippen molar-refractivity contribution in [3.63, 3.8) is 0 Å². The molecule has 1 aliphatic carbocycles. The highest BCUT2D eigenvalue weighted by Crippen LogP contribution is 2.20. The summed E-state index contributed by atoms with van der Waals surface area (Å²) in [5.41, 5.74) is 0.680. The monoisotopic (exact) mass is 311 g/mol. The summed E-state index contributed by atoms with van der Waals surface area (Å²) in [7, 11) is 0. The van der Waals surface area contributed by atoms with Gasteiger partial charge in [-0.1, -0.05) is 28.8 Å². The van der Waals surface area contributed by atoms with Crippen LogP contribution in [0.1, 0.15) is 36.0 Å². The molecule has 1 aromatic carbocycles. The van der Waals surface area contributed by atoms with Crippen LogP contribution in [0.15, 0.2) is 28.7 Å². The highest BCUT2D eigenvalue weighted by Gasteiger charge is 2.14. The molecule has 1 saturated carbocycles. The van der Waals surface area contributed by atoms with Crippen LogP contribution >= 0.6 is 15.9 Å². The summed E-state index contributed by atoms with van der Waals surface area (Å²) in [6, 6.07) is 7.34. The van der Waals surface area contributed by atoms with E-state index < -0.39 is 0 Å². The third-order valence-corrected chi connectivity index (χ3v) is 3.68. The largest absolute Gasteiger partial charge is 0.376 e. The van der Waals surface area contributed by atoms with E-state index >= 15 is 0 Å². The summed E-state index contributed by atoms with van der Waals surface area (Å²) >= 11 is 3.34. The molecule has 0 saturated heterocycles. The second-order valence-electron chi connectivity index (χ2n) is 4.54. The molecule has 0 spiro atoms. The summed E-state index contributed by atoms with van der Waals surface area (Å²) in [5.74, 6) is -0.0440. The molecule has 4 heteroatoms. The van der Waals surface area contributed by atoms with Crippen LogP contribution in [0.4, 0.5) is 0 Å². The molecule has 0 bridgehead atoms. The maximum Gasteiger partial charge on any atom is 0.251 e. The zero-order chi connectivity index (χ0) is 12.8. The van der Waals surface area contributed by atoms with Crippen LogP contribution in [0.25, 0.3) is 0 Å². The minimum atomic E-state index is -0.0440. The van der Waals surface area contributed by atoms with E-state index in [4.69, 9.17) is 4.74 Å². The highest BCUT2D eigenvalue weighted by atomic mass is 79.9. The Kier molecular flexibility index (Phi) is 5.20. The number of hydrogen-bond donors (Lipinski definition) is 1. The normalized spacial score (nSPS) is 15.8. The Bertz CT molecular complexity index is 385. The first kappa shape index (κ1) is 13.6. The summed E-state index contributed by atoms with van der Waals surface area (Å²) in [6.45, 7) is 1.18. The van der Waals surface area contributed by atoms with Gasteiger partial charge in [0.15, 0.2) is 0 Å². The van der Waals surface area contributed by atoms with Crippen molar-refractivity contribution in [1.82, 2.24) is 5.32 Å². The average molecular weight is 312 g/mol. The molecule has 0 aromatic heterocycles. The number of halogens is 1. The first-order valence-corrected chi connectivity index (χ1v) is 7.20. The van der Waals surface area contributed by atoms with Gasteiger partial charge in [-0.05, 0) is 37.1 Å². The van der Waals surface area contributed by atoms with E-state index in [0.29, 0.717) is 24.8 Å². The van der Waals surface area contributed by atoms with E-state index in [0.717, 1.165) is 4.47 Å². The number of carbonyl (C=O) groups excluding carboxylic acids is 1. The lowest BCUT2D eigenvalue weighted by molar-refractivity contribution is 0.0582. The van der Waals surface area contributed by atoms with Gasteiger partial charge in [-0.15, -0.1) is 0 Å². The Balaban J connectivity index is 1.66. The number of rotatable bonds is 5. The molecule has 0 radical (unpaired) electrons. The Hall–Kier alpha value is -0.870. The first-order chi connectivity index (χ1) is 8.75. The number of amides is 1. The summed E-state index contributed by atoms with van der Waals surface area (Å²) in [6.07, 6.45) is 5.29. The highest BCUT2D eigenvalue weighted by molar-refractivity contribution is 9.10. The molecular weight excluding hydrogens is 294 g/mol. The molecule has 18 heavy (non-hydrogen) atoms. The van der Waals surface area contributed by atoms with E-state index in [2.05, 4.69) is 21.2 Å². The second-order valence-corrected chi connectivity index (χ2v) is 5.46. The van der Waals surface area contributed by atoms with Gasteiger partial charge in [0.2, 0.25) is 0 Å². The van der Waals surface area contributed by atoms with E-state index in [1.165, 1.54) is 25.7 Å². The third kappa shape index (κ3) is 4.10. The van der Waals surface area contributed by atoms with Crippen LogP contribution < -0.4 is 5.32 Å². The molecule has 0 aliphatic heterocycles. The molecule has 0 heterocycles. The molecule has 3 nitrogen and oxygen atoms in total. The lowest BCUT2D eigenvalue weighted by Gasteiger charge is -2.11. The van der Waals surface area contributed by atoms with Gasteiger partial charge in [-0.3, -0.25) is 4.79 Å². The lowest BCUT2D eigenvalue weighted by atomic mass is 10.2. The standard InChI is InChI=1S/C14H18BrNO2/c15-12-7-5-11(6-8-12)14(17)16-9-10-18-13-3-1-2-4-13/h5-8,13H,1-4,9-10H2,(H,16,17). The van der Waals surface area contributed by atoms with Gasteiger partial charge >= 0.3 is 0 Å². The molecule has 1 N–H and O–H groups in total. The predicted octanol–water partition coefficient (Wildman–Crippen LogP) is 3.14. The van der Waals surface area contributed by atoms with Crippen LogP contribution in [0.2, 0.25) is 0 Å². The van der Waals surface area contributed by atoms with Crippen LogP contribution in [0, 0.1) is 0 Å². The summed E-state index contributed by atoms with van der Waals surface area (Å²) in [4.78, 5) is 11.8. The fourth-order valence-electron chi connectivity index (χ4n) is 2.15. The molecule has 98 valence electrons. The molecule has 0 atom stereocenters. The lowest BCUT2D eigenvalue weighted by Crippen LogP contribution is -2.28. The van der Waals surface area contributed by atoms with Gasteiger partial charge in [0, 0.05) is 16.6 Å². The van der Waals surface area contributed by atoms with Gasteiger partial charge in [0.1, 0.15) is 0 Å². The second kappa shape index (κ2) is 6.90. The Morgan fingerprint density at radius 3 is 2.61 bits per heavy atom. The zero-order valence-corrected chi connectivity index (χ0v) is 11.9. The number of hydrogen-bond acceptors (Lipinski definition) is 2. The molecule has 1 aliphatic rings. The van der Waals surface area contributed by atoms with Crippen molar-refractivity contribution in [2.24, 2.45) is 0 Å². The van der Waals surface area contributed by atoms with Gasteiger partial charge in [-0.25, -0.2) is 0 Å². The Labute approximate surface area is 116 Å². The molecule has 0 unspecified atom stereocenters. The minimum absolute atomic E-state index is 0.0440. The Morgan fingerprint density at radius 1 is 1.28 bits per heavy atom. The van der Waals surface area contributed by atoms with Crippen molar-refractivity contribution in [3.05, 3.63) is 34.3 Å². The van der Waals surface area contributed by atoms with Crippen molar-refractivity contribution >= 4 is 21.8 Å². The third-order valence-electron chi connectivity index (χ3n) is 3.15. The Morgan fingerprint density at radius 2 is 1.94 bits per heavy atom. The van der Waals surface area contributed by atoms with Crippen molar-refractivity contribution < 1.29 is 9.53 Å². The van der Waals surface area contributed by atoms with E-state index in [1.807, 2.05) is 12.1 Å². The van der Waals surface area contributed by atoms with Crippen LogP contribution in [-0.2, 0) is 4.74 Å². The number of nitrogens with one attached hydrogen (secondary N) is 1. The van der Waals surface area contributed by atoms with Crippen molar-refractivity contribution in [3.8, 4) is 0 Å². The van der Waals surface area contributed by atoms with Gasteiger partial charge in [0.05, 0.1) is 12.7 Å². The van der Waals surface area contributed by atoms with Gasteiger partial charge in [0.25, 0.3) is 5.91 Å². The summed E-state index contributed by atoms with van der Waals surface area (Å²) < 4.78 is 6.66. The van der Waals surface area contributed by atoms with Crippen LogP contribution in [0.5, 0.6) is 0 Å². The molecular formula is C14H18BrNO2. The van der Waals surface area contributed by atoms with Crippen molar-refractivity contribution in [1.29, 1.82) is 0 Å². The van der Waals surface area contributed by atoms with E-state index in [-0.39, 0.29) is 5.91 Å². The molecule has 1 amide bonds. The number of ether oxygens (including phenoxy) is 1. The topological polar surface area (TPSA) is 38.3 Å². The smallest absolute Gasteiger partial charge is 0.251 e. The van der Waals surface area contributed by atoms with Crippen LogP contribution in [0.3, 0.4) is 0 Å². The average Bonchev–Trinajstić information content (AvgIpc) is 2.88. The van der Waals surface area contributed by atoms with Gasteiger partial charge in [-0.2, -0.15) is 0 Å². The molecule has 1 fully saturated rings. The van der Waals surface area contributed by atoms with Crippen molar-refractivity contribution in [2.45, 2.75) is 31.8 Å². The molecule has 1 aromatic rings. The van der Waals surface area contributed by atoms with Gasteiger partial charge < -0.3 is 10.1 Å². The maximum atomic E-state index is 11.8. The zero-order valence-electron chi connectivity index (χ0n) is 10.3. The first-order valence-electron chi connectivity index (χ1n) is 6.41. The fourth-order valence-corrected chi connectivity index (χ4v) is 2.41. The number of carbonyl (C=O) groups is 1. The summed E-state index contributed by atoms with van der Waals surface area (Å²) in [5, 5.41) is 2.86. The van der Waals surface area contributed by atoms with E-state index in [1.54, 1.807) is 12.1 Å². The van der Waals surface area contributed by atoms with Crippen molar-refractivity contribution in [2.75, 3.05) is 13.2 Å². The van der Waals surface area contributed by atoms with Crippen LogP contribution in [-0.4, -0.2) is 25.2 Å². The van der Waals surface area contributed by atoms with E-state index in [9.17, 15) is 4.79 Å². The predicted molar refractivity (Wildman–Crippen MR) is 74.7 cm³/mol. The SMILES string of the molecule is O=C(NCCOC1CCCC1)c1ccc(Br)cc1. The molecule has 2 rings (SSSR count). The number of benzene rings is 1. The fraction of sp³-hybridized carbons (Fsp3) is 0.500. The quantitative estimate of drug-likeness (QED) is 0.848. The minimum Gasteiger partial charge on any atom is -0.376 e. The maximum absolute atomic E-state index is 11.8.